The Kier molecular flexibility index (Phi) is 5.70. The lowest BCUT2D eigenvalue weighted by atomic mass is 10.3. The van der Waals surface area contributed by atoms with Crippen molar-refractivity contribution < 1.29 is 13.9 Å². The number of rotatable bonds is 7. The highest BCUT2D eigenvalue weighted by atomic mass is 19.3. The van der Waals surface area contributed by atoms with Gasteiger partial charge in [-0.1, -0.05) is 6.92 Å². The monoisotopic (exact) mass is 260 g/mol. The van der Waals surface area contributed by atoms with Gasteiger partial charge in [0.15, 0.2) is 0 Å². The SMILES string of the molecule is CCNc1cc(NCC(O)C(F)F)nc(CC)n1. The van der Waals surface area contributed by atoms with E-state index in [1.165, 1.54) is 0 Å². The molecule has 0 saturated carbocycles. The number of aryl methyl sites for hydroxylation is 1. The quantitative estimate of drug-likeness (QED) is 0.693. The van der Waals surface area contributed by atoms with Crippen LogP contribution in [0.3, 0.4) is 0 Å². The van der Waals surface area contributed by atoms with Gasteiger partial charge in [0, 0.05) is 25.6 Å². The molecule has 7 heteroatoms. The van der Waals surface area contributed by atoms with Crippen LogP contribution in [0.5, 0.6) is 0 Å². The minimum Gasteiger partial charge on any atom is -0.385 e. The van der Waals surface area contributed by atoms with E-state index in [2.05, 4.69) is 20.6 Å². The van der Waals surface area contributed by atoms with Gasteiger partial charge in [0.25, 0.3) is 6.43 Å². The molecule has 0 saturated heterocycles. The predicted molar refractivity (Wildman–Crippen MR) is 66.1 cm³/mol. The van der Waals surface area contributed by atoms with E-state index >= 15 is 0 Å². The van der Waals surface area contributed by atoms with Crippen molar-refractivity contribution in [3.8, 4) is 0 Å². The number of halogens is 2. The maximum absolute atomic E-state index is 12.1. The van der Waals surface area contributed by atoms with Crippen molar-refractivity contribution in [3.63, 3.8) is 0 Å². The standard InChI is InChI=1S/C11H18F2N4O/c1-3-8-16-9(14-4-2)5-10(17-8)15-6-7(18)11(12)13/h5,7,11,18H,3-4,6H2,1-2H3,(H2,14,15,16,17). The molecule has 0 aromatic carbocycles. The first-order chi connectivity index (χ1) is 8.56. The molecule has 1 unspecified atom stereocenters. The van der Waals surface area contributed by atoms with Crippen LogP contribution >= 0.6 is 0 Å². The largest absolute Gasteiger partial charge is 0.385 e. The van der Waals surface area contributed by atoms with Crippen LogP contribution in [-0.2, 0) is 6.42 Å². The molecule has 1 aromatic rings. The summed E-state index contributed by atoms with van der Waals surface area (Å²) in [5.74, 6) is 1.68. The number of nitrogens with zero attached hydrogens (tertiary/aromatic N) is 2. The average molecular weight is 260 g/mol. The van der Waals surface area contributed by atoms with Gasteiger partial charge in [-0.05, 0) is 6.92 Å². The Morgan fingerprint density at radius 2 is 1.83 bits per heavy atom. The second kappa shape index (κ2) is 7.05. The van der Waals surface area contributed by atoms with Crippen molar-refractivity contribution in [1.29, 1.82) is 0 Å². The highest BCUT2D eigenvalue weighted by molar-refractivity contribution is 5.47. The summed E-state index contributed by atoms with van der Waals surface area (Å²) in [6.07, 6.45) is -3.82. The van der Waals surface area contributed by atoms with Crippen molar-refractivity contribution in [2.45, 2.75) is 32.8 Å². The molecule has 102 valence electrons. The molecule has 1 atom stereocenters. The van der Waals surface area contributed by atoms with Gasteiger partial charge in [-0.3, -0.25) is 0 Å². The fourth-order valence-corrected chi connectivity index (χ4v) is 1.32. The van der Waals surface area contributed by atoms with Crippen molar-refractivity contribution in [3.05, 3.63) is 11.9 Å². The van der Waals surface area contributed by atoms with E-state index in [-0.39, 0.29) is 6.54 Å². The summed E-state index contributed by atoms with van der Waals surface area (Å²) in [6, 6.07) is 1.63. The summed E-state index contributed by atoms with van der Waals surface area (Å²) in [5.41, 5.74) is 0. The molecular weight excluding hydrogens is 242 g/mol. The number of aliphatic hydroxyl groups is 1. The van der Waals surface area contributed by atoms with E-state index in [1.807, 2.05) is 13.8 Å². The number of hydrogen-bond donors (Lipinski definition) is 3. The van der Waals surface area contributed by atoms with Crippen LogP contribution in [0.2, 0.25) is 0 Å². The van der Waals surface area contributed by atoms with E-state index in [0.717, 1.165) is 0 Å². The third-order valence-corrected chi connectivity index (χ3v) is 2.23. The first kappa shape index (κ1) is 14.6. The molecule has 0 radical (unpaired) electrons. The Balaban J connectivity index is 2.71. The van der Waals surface area contributed by atoms with E-state index in [0.29, 0.717) is 30.4 Å². The minimum atomic E-state index is -2.77. The van der Waals surface area contributed by atoms with Gasteiger partial charge in [-0.25, -0.2) is 18.7 Å². The van der Waals surface area contributed by atoms with Crippen LogP contribution in [0.25, 0.3) is 0 Å². The number of aromatic nitrogens is 2. The van der Waals surface area contributed by atoms with Crippen LogP contribution in [0, 0.1) is 0 Å². The fourth-order valence-electron chi connectivity index (χ4n) is 1.32. The summed E-state index contributed by atoms with van der Waals surface area (Å²) in [7, 11) is 0. The third-order valence-electron chi connectivity index (χ3n) is 2.23. The lowest BCUT2D eigenvalue weighted by Crippen LogP contribution is -2.27. The number of nitrogens with one attached hydrogen (secondary N) is 2. The lowest BCUT2D eigenvalue weighted by molar-refractivity contribution is 0.00380. The smallest absolute Gasteiger partial charge is 0.265 e. The van der Waals surface area contributed by atoms with Gasteiger partial charge >= 0.3 is 0 Å². The molecule has 3 N–H and O–H groups in total. The zero-order valence-corrected chi connectivity index (χ0v) is 10.5. The topological polar surface area (TPSA) is 70.1 Å². The van der Waals surface area contributed by atoms with Gasteiger partial charge in [-0.15, -0.1) is 0 Å². The van der Waals surface area contributed by atoms with Gasteiger partial charge in [0.2, 0.25) is 0 Å². The molecule has 1 rings (SSSR count). The lowest BCUT2D eigenvalue weighted by Gasteiger charge is -2.13. The maximum atomic E-state index is 12.1. The maximum Gasteiger partial charge on any atom is 0.265 e. The summed E-state index contributed by atoms with van der Waals surface area (Å²) < 4.78 is 24.3. The Morgan fingerprint density at radius 1 is 1.22 bits per heavy atom. The van der Waals surface area contributed by atoms with Crippen LogP contribution in [-0.4, -0.2) is 40.7 Å². The number of anilines is 2. The summed E-state index contributed by atoms with van der Waals surface area (Å²) in [6.45, 7) is 4.30. The van der Waals surface area contributed by atoms with Gasteiger partial charge in [-0.2, -0.15) is 0 Å². The third kappa shape index (κ3) is 4.40. The molecule has 18 heavy (non-hydrogen) atoms. The van der Waals surface area contributed by atoms with Gasteiger partial charge < -0.3 is 15.7 Å². The van der Waals surface area contributed by atoms with Crippen LogP contribution < -0.4 is 10.6 Å². The molecule has 0 spiro atoms. The van der Waals surface area contributed by atoms with Crippen LogP contribution in [0.15, 0.2) is 6.07 Å². The minimum absolute atomic E-state index is 0.247. The first-order valence-electron chi connectivity index (χ1n) is 5.88. The zero-order valence-electron chi connectivity index (χ0n) is 10.5. The summed E-state index contributed by atoms with van der Waals surface area (Å²) in [5, 5.41) is 14.7. The Bertz CT molecular complexity index is 376. The second-order valence-electron chi connectivity index (χ2n) is 3.72. The van der Waals surface area contributed by atoms with Crippen molar-refractivity contribution >= 4 is 11.6 Å². The number of alkyl halides is 2. The Labute approximate surface area is 105 Å². The molecule has 0 bridgehead atoms. The average Bonchev–Trinajstić information content (AvgIpc) is 2.35. The van der Waals surface area contributed by atoms with Crippen molar-refractivity contribution in [2.75, 3.05) is 23.7 Å². The summed E-state index contributed by atoms with van der Waals surface area (Å²) >= 11 is 0. The fraction of sp³-hybridized carbons (Fsp3) is 0.636. The molecule has 0 aliphatic heterocycles. The highest BCUT2D eigenvalue weighted by Crippen LogP contribution is 2.12. The molecule has 0 fully saturated rings. The Hall–Kier alpha value is -1.50. The van der Waals surface area contributed by atoms with Crippen LogP contribution in [0.4, 0.5) is 20.4 Å². The molecule has 5 nitrogen and oxygen atoms in total. The Morgan fingerprint density at radius 3 is 2.33 bits per heavy atom. The van der Waals surface area contributed by atoms with E-state index in [1.54, 1.807) is 6.07 Å². The molecule has 0 aliphatic rings. The molecule has 0 aliphatic carbocycles. The van der Waals surface area contributed by atoms with Gasteiger partial charge in [0.05, 0.1) is 0 Å². The molecule has 1 heterocycles. The van der Waals surface area contributed by atoms with Gasteiger partial charge in [0.1, 0.15) is 23.6 Å². The molecule has 1 aromatic heterocycles. The summed E-state index contributed by atoms with van der Waals surface area (Å²) in [4.78, 5) is 8.38. The molecular formula is C11H18F2N4O. The van der Waals surface area contributed by atoms with E-state index in [4.69, 9.17) is 5.11 Å². The second-order valence-corrected chi connectivity index (χ2v) is 3.72. The van der Waals surface area contributed by atoms with Crippen LogP contribution in [0.1, 0.15) is 19.7 Å². The highest BCUT2D eigenvalue weighted by Gasteiger charge is 2.16. The normalized spacial score (nSPS) is 12.6. The predicted octanol–water partition coefficient (Wildman–Crippen LogP) is 1.51. The first-order valence-corrected chi connectivity index (χ1v) is 5.88. The van der Waals surface area contributed by atoms with Crippen molar-refractivity contribution in [2.24, 2.45) is 0 Å². The number of aliphatic hydroxyl groups excluding tert-OH is 1. The van der Waals surface area contributed by atoms with Crippen molar-refractivity contribution in [1.82, 2.24) is 9.97 Å². The van der Waals surface area contributed by atoms with E-state index in [9.17, 15) is 8.78 Å². The number of hydrogen-bond acceptors (Lipinski definition) is 5. The van der Waals surface area contributed by atoms with E-state index < -0.39 is 12.5 Å². The zero-order chi connectivity index (χ0) is 13.5. The molecule has 0 amide bonds.